The van der Waals surface area contributed by atoms with Crippen LogP contribution >= 0.6 is 0 Å². The van der Waals surface area contributed by atoms with Gasteiger partial charge in [-0.3, -0.25) is 4.79 Å². The Morgan fingerprint density at radius 1 is 1.05 bits per heavy atom. The first-order chi connectivity index (χ1) is 10.8. The maximum Gasteiger partial charge on any atom is 0.220 e. The smallest absolute Gasteiger partial charge is 0.220 e. The molecule has 1 N–H and O–H groups in total. The second kappa shape index (κ2) is 7.23. The van der Waals surface area contributed by atoms with E-state index in [0.717, 1.165) is 19.4 Å². The molecule has 114 valence electrons. The van der Waals surface area contributed by atoms with Crippen LogP contribution in [0.25, 0.3) is 11.1 Å². The van der Waals surface area contributed by atoms with E-state index < -0.39 is 0 Å². The van der Waals surface area contributed by atoms with E-state index in [-0.39, 0.29) is 11.9 Å². The van der Waals surface area contributed by atoms with E-state index in [9.17, 15) is 4.79 Å². The number of hydrogen-bond donors (Lipinski definition) is 1. The van der Waals surface area contributed by atoms with Crippen molar-refractivity contribution in [1.82, 2.24) is 5.32 Å². The lowest BCUT2D eigenvalue weighted by Gasteiger charge is -2.10. The number of carbonyl (C=O) groups excluding carboxylic acids is 1. The van der Waals surface area contributed by atoms with Crippen molar-refractivity contribution in [3.05, 3.63) is 60.2 Å². The number of amides is 1. The third-order valence-corrected chi connectivity index (χ3v) is 4.00. The predicted octanol–water partition coefficient (Wildman–Crippen LogP) is 3.19. The minimum Gasteiger partial charge on any atom is -0.379 e. The average Bonchev–Trinajstić information content (AvgIpc) is 3.07. The highest BCUT2D eigenvalue weighted by molar-refractivity contribution is 5.76. The van der Waals surface area contributed by atoms with E-state index >= 15 is 0 Å². The van der Waals surface area contributed by atoms with Crippen LogP contribution in [0.4, 0.5) is 0 Å². The molecule has 1 aliphatic rings. The number of carbonyl (C=O) groups is 1. The number of nitrogens with one attached hydrogen (secondary N) is 1. The van der Waals surface area contributed by atoms with Crippen LogP contribution in [0.15, 0.2) is 54.6 Å². The molecule has 1 heterocycles. The van der Waals surface area contributed by atoms with Crippen LogP contribution in [0.3, 0.4) is 0 Å². The Morgan fingerprint density at radius 3 is 2.45 bits per heavy atom. The molecule has 0 saturated carbocycles. The topological polar surface area (TPSA) is 38.3 Å². The van der Waals surface area contributed by atoms with Gasteiger partial charge in [0.15, 0.2) is 0 Å². The van der Waals surface area contributed by atoms with Gasteiger partial charge in [0.2, 0.25) is 5.91 Å². The highest BCUT2D eigenvalue weighted by Gasteiger charge is 2.17. The molecule has 0 radical (unpaired) electrons. The lowest BCUT2D eigenvalue weighted by molar-refractivity contribution is -0.121. The molecule has 3 heteroatoms. The van der Waals surface area contributed by atoms with E-state index in [1.807, 2.05) is 18.2 Å². The van der Waals surface area contributed by atoms with Crippen molar-refractivity contribution < 1.29 is 9.53 Å². The van der Waals surface area contributed by atoms with E-state index in [2.05, 4.69) is 41.7 Å². The molecule has 1 amide bonds. The minimum absolute atomic E-state index is 0.114. The minimum atomic E-state index is 0.114. The quantitative estimate of drug-likeness (QED) is 0.920. The molecule has 0 spiro atoms. The van der Waals surface area contributed by atoms with Crippen LogP contribution in [-0.2, 0) is 16.0 Å². The van der Waals surface area contributed by atoms with E-state index in [0.29, 0.717) is 13.0 Å². The molecule has 2 aromatic rings. The summed E-state index contributed by atoms with van der Waals surface area (Å²) in [4.78, 5) is 11.9. The summed E-state index contributed by atoms with van der Waals surface area (Å²) in [5.74, 6) is 0.114. The maximum absolute atomic E-state index is 11.9. The van der Waals surface area contributed by atoms with Crippen molar-refractivity contribution in [2.24, 2.45) is 0 Å². The molecule has 1 fully saturated rings. The SMILES string of the molecule is O=C(CCc1ccc(-c2ccccc2)cc1)N[C@@H]1CCOC1. The van der Waals surface area contributed by atoms with Crippen molar-refractivity contribution >= 4 is 5.91 Å². The Labute approximate surface area is 131 Å². The zero-order chi connectivity index (χ0) is 15.2. The lowest BCUT2D eigenvalue weighted by Crippen LogP contribution is -2.35. The third kappa shape index (κ3) is 3.95. The molecule has 3 rings (SSSR count). The molecular formula is C19H21NO2. The van der Waals surface area contributed by atoms with Crippen LogP contribution in [0.5, 0.6) is 0 Å². The highest BCUT2D eigenvalue weighted by Crippen LogP contribution is 2.19. The Balaban J connectivity index is 1.51. The highest BCUT2D eigenvalue weighted by atomic mass is 16.5. The number of aryl methyl sites for hydroxylation is 1. The summed E-state index contributed by atoms with van der Waals surface area (Å²) in [6.45, 7) is 1.41. The molecule has 0 bridgehead atoms. The van der Waals surface area contributed by atoms with Gasteiger partial charge in [-0.05, 0) is 29.5 Å². The lowest BCUT2D eigenvalue weighted by atomic mass is 10.0. The van der Waals surface area contributed by atoms with Gasteiger partial charge in [0.05, 0.1) is 12.6 Å². The normalized spacial score (nSPS) is 17.4. The third-order valence-electron chi connectivity index (χ3n) is 4.00. The summed E-state index contributed by atoms with van der Waals surface area (Å²) in [5.41, 5.74) is 3.61. The van der Waals surface area contributed by atoms with Crippen LogP contribution < -0.4 is 5.32 Å². The van der Waals surface area contributed by atoms with Crippen LogP contribution in [-0.4, -0.2) is 25.2 Å². The molecule has 0 unspecified atom stereocenters. The molecule has 22 heavy (non-hydrogen) atoms. The largest absolute Gasteiger partial charge is 0.379 e. The summed E-state index contributed by atoms with van der Waals surface area (Å²) >= 11 is 0. The number of ether oxygens (including phenoxy) is 1. The fourth-order valence-corrected chi connectivity index (χ4v) is 2.70. The van der Waals surface area contributed by atoms with Gasteiger partial charge < -0.3 is 10.1 Å². The molecular weight excluding hydrogens is 274 g/mol. The van der Waals surface area contributed by atoms with Gasteiger partial charge in [0.1, 0.15) is 0 Å². The molecule has 1 saturated heterocycles. The number of hydrogen-bond acceptors (Lipinski definition) is 2. The Bertz CT molecular complexity index is 601. The Morgan fingerprint density at radius 2 is 1.77 bits per heavy atom. The summed E-state index contributed by atoms with van der Waals surface area (Å²) in [7, 11) is 0. The predicted molar refractivity (Wildman–Crippen MR) is 87.6 cm³/mol. The van der Waals surface area contributed by atoms with Crippen molar-refractivity contribution in [1.29, 1.82) is 0 Å². The van der Waals surface area contributed by atoms with Crippen molar-refractivity contribution in [2.45, 2.75) is 25.3 Å². The van der Waals surface area contributed by atoms with Gasteiger partial charge in [-0.1, -0.05) is 54.6 Å². The Hall–Kier alpha value is -2.13. The second-order valence-corrected chi connectivity index (χ2v) is 5.69. The summed E-state index contributed by atoms with van der Waals surface area (Å²) in [5, 5.41) is 3.02. The Kier molecular flexibility index (Phi) is 4.86. The zero-order valence-corrected chi connectivity index (χ0v) is 12.6. The van der Waals surface area contributed by atoms with Gasteiger partial charge >= 0.3 is 0 Å². The molecule has 2 aromatic carbocycles. The first-order valence-corrected chi connectivity index (χ1v) is 7.83. The zero-order valence-electron chi connectivity index (χ0n) is 12.6. The molecule has 3 nitrogen and oxygen atoms in total. The average molecular weight is 295 g/mol. The van der Waals surface area contributed by atoms with Crippen LogP contribution in [0, 0.1) is 0 Å². The molecule has 1 atom stereocenters. The van der Waals surface area contributed by atoms with Crippen LogP contribution in [0.1, 0.15) is 18.4 Å². The van der Waals surface area contributed by atoms with Gasteiger partial charge in [0.25, 0.3) is 0 Å². The fourth-order valence-electron chi connectivity index (χ4n) is 2.70. The molecule has 1 aliphatic heterocycles. The van der Waals surface area contributed by atoms with Gasteiger partial charge in [-0.25, -0.2) is 0 Å². The summed E-state index contributed by atoms with van der Waals surface area (Å²) < 4.78 is 5.26. The van der Waals surface area contributed by atoms with Crippen LogP contribution in [0.2, 0.25) is 0 Å². The fraction of sp³-hybridized carbons (Fsp3) is 0.316. The monoisotopic (exact) mass is 295 g/mol. The molecule has 0 aromatic heterocycles. The summed E-state index contributed by atoms with van der Waals surface area (Å²) in [6.07, 6.45) is 2.23. The second-order valence-electron chi connectivity index (χ2n) is 5.69. The van der Waals surface area contributed by atoms with Crippen molar-refractivity contribution in [3.63, 3.8) is 0 Å². The van der Waals surface area contributed by atoms with E-state index in [4.69, 9.17) is 4.74 Å². The van der Waals surface area contributed by atoms with Gasteiger partial charge in [0, 0.05) is 13.0 Å². The van der Waals surface area contributed by atoms with E-state index in [1.165, 1.54) is 16.7 Å². The van der Waals surface area contributed by atoms with Crippen molar-refractivity contribution in [2.75, 3.05) is 13.2 Å². The van der Waals surface area contributed by atoms with E-state index in [1.54, 1.807) is 0 Å². The van der Waals surface area contributed by atoms with Crippen molar-refractivity contribution in [3.8, 4) is 11.1 Å². The number of benzene rings is 2. The first kappa shape index (κ1) is 14.8. The maximum atomic E-state index is 11.9. The summed E-state index contributed by atoms with van der Waals surface area (Å²) in [6, 6.07) is 19.0. The standard InChI is InChI=1S/C19H21NO2/c21-19(20-18-12-13-22-14-18)11-8-15-6-9-17(10-7-15)16-4-2-1-3-5-16/h1-7,9-10,18H,8,11-14H2,(H,20,21)/t18-/m1/s1. The first-order valence-electron chi connectivity index (χ1n) is 7.83. The van der Waals surface area contributed by atoms with Gasteiger partial charge in [-0.15, -0.1) is 0 Å². The molecule has 0 aliphatic carbocycles. The number of rotatable bonds is 5. The van der Waals surface area contributed by atoms with Gasteiger partial charge in [-0.2, -0.15) is 0 Å².